The molecule has 0 bridgehead atoms. The Morgan fingerprint density at radius 1 is 0.864 bits per heavy atom. The number of phenolic OH excluding ortho intramolecular Hbond substituents is 2. The van der Waals surface area contributed by atoms with Crippen LogP contribution in [0.15, 0.2) is 36.4 Å². The van der Waals surface area contributed by atoms with E-state index in [1.165, 1.54) is 26.4 Å². The molecule has 0 aliphatic carbocycles. The fourth-order valence-corrected chi connectivity index (χ4v) is 2.13. The zero-order valence-electron chi connectivity index (χ0n) is 12.5. The molecule has 0 aliphatic rings. The summed E-state index contributed by atoms with van der Waals surface area (Å²) in [6.45, 7) is 0. The van der Waals surface area contributed by atoms with Gasteiger partial charge in [0.1, 0.15) is 28.8 Å². The lowest BCUT2D eigenvalue weighted by atomic mass is 10.0. The Balaban J connectivity index is 2.07. The average molecular weight is 302 g/mol. The lowest BCUT2D eigenvalue weighted by Gasteiger charge is -2.08. The van der Waals surface area contributed by atoms with Crippen LogP contribution < -0.4 is 9.47 Å². The van der Waals surface area contributed by atoms with Gasteiger partial charge in [0, 0.05) is 36.1 Å². The first-order valence-electron chi connectivity index (χ1n) is 6.77. The van der Waals surface area contributed by atoms with Gasteiger partial charge in [-0.1, -0.05) is 12.1 Å². The van der Waals surface area contributed by atoms with Gasteiger partial charge in [0.25, 0.3) is 0 Å². The third-order valence-electron chi connectivity index (χ3n) is 3.36. The molecule has 116 valence electrons. The Bertz CT molecular complexity index is 621. The van der Waals surface area contributed by atoms with Crippen LogP contribution in [0, 0.1) is 0 Å². The van der Waals surface area contributed by atoms with E-state index in [1.807, 2.05) is 0 Å². The molecule has 5 heteroatoms. The first-order chi connectivity index (χ1) is 10.5. The highest BCUT2D eigenvalue weighted by molar-refractivity contribution is 5.84. The molecular formula is C17H18O5. The highest BCUT2D eigenvalue weighted by Gasteiger charge is 2.12. The van der Waals surface area contributed by atoms with Gasteiger partial charge in [0.05, 0.1) is 14.2 Å². The van der Waals surface area contributed by atoms with Crippen molar-refractivity contribution < 1.29 is 24.5 Å². The standard InChI is InChI=1S/C17H18O5/c1-21-14-5-3-11(16(19)9-14)7-13(18)8-12-4-6-15(22-2)10-17(12)20/h3-6,9-10,19-20H,7-8H2,1-2H3. The number of rotatable bonds is 6. The van der Waals surface area contributed by atoms with Crippen molar-refractivity contribution in [3.63, 3.8) is 0 Å². The Kier molecular flexibility index (Phi) is 4.88. The van der Waals surface area contributed by atoms with Crippen molar-refractivity contribution in [3.8, 4) is 23.0 Å². The number of benzene rings is 2. The molecule has 2 N–H and O–H groups in total. The van der Waals surface area contributed by atoms with E-state index in [-0.39, 0.29) is 30.1 Å². The summed E-state index contributed by atoms with van der Waals surface area (Å²) in [4.78, 5) is 12.1. The molecule has 0 atom stereocenters. The molecule has 0 saturated carbocycles. The van der Waals surface area contributed by atoms with Crippen molar-refractivity contribution in [1.82, 2.24) is 0 Å². The van der Waals surface area contributed by atoms with Gasteiger partial charge in [-0.15, -0.1) is 0 Å². The molecule has 0 saturated heterocycles. The molecule has 0 spiro atoms. The third-order valence-corrected chi connectivity index (χ3v) is 3.36. The number of aromatic hydroxyl groups is 2. The number of Topliss-reactive ketones (excluding diaryl/α,β-unsaturated/α-hetero) is 1. The highest BCUT2D eigenvalue weighted by atomic mass is 16.5. The van der Waals surface area contributed by atoms with E-state index in [9.17, 15) is 15.0 Å². The van der Waals surface area contributed by atoms with E-state index < -0.39 is 0 Å². The van der Waals surface area contributed by atoms with E-state index in [0.717, 1.165) is 0 Å². The number of ether oxygens (including phenoxy) is 2. The first kappa shape index (κ1) is 15.7. The number of hydrogen-bond donors (Lipinski definition) is 2. The van der Waals surface area contributed by atoms with E-state index in [4.69, 9.17) is 9.47 Å². The Labute approximate surface area is 128 Å². The largest absolute Gasteiger partial charge is 0.508 e. The minimum Gasteiger partial charge on any atom is -0.508 e. The van der Waals surface area contributed by atoms with Crippen LogP contribution in [0.4, 0.5) is 0 Å². The van der Waals surface area contributed by atoms with Crippen LogP contribution in [0.25, 0.3) is 0 Å². The van der Waals surface area contributed by atoms with Gasteiger partial charge in [0.15, 0.2) is 0 Å². The molecule has 0 fully saturated rings. The van der Waals surface area contributed by atoms with Crippen LogP contribution in [-0.2, 0) is 17.6 Å². The zero-order chi connectivity index (χ0) is 16.1. The topological polar surface area (TPSA) is 76.0 Å². The summed E-state index contributed by atoms with van der Waals surface area (Å²) in [5.41, 5.74) is 1.05. The van der Waals surface area contributed by atoms with Crippen LogP contribution in [0.1, 0.15) is 11.1 Å². The molecular weight excluding hydrogens is 284 g/mol. The minimum atomic E-state index is -0.110. The monoisotopic (exact) mass is 302 g/mol. The summed E-state index contributed by atoms with van der Waals surface area (Å²) in [5, 5.41) is 19.7. The SMILES string of the molecule is COc1ccc(CC(=O)Cc2ccc(OC)cc2O)c(O)c1. The minimum absolute atomic E-state index is 0.0200. The predicted octanol–water partition coefficient (Wildman–Crippen LogP) is 2.47. The highest BCUT2D eigenvalue weighted by Crippen LogP contribution is 2.26. The number of carbonyl (C=O) groups excluding carboxylic acids is 1. The van der Waals surface area contributed by atoms with E-state index in [1.54, 1.807) is 24.3 Å². The maximum atomic E-state index is 12.1. The lowest BCUT2D eigenvalue weighted by Crippen LogP contribution is -2.07. The number of carbonyl (C=O) groups is 1. The maximum Gasteiger partial charge on any atom is 0.141 e. The van der Waals surface area contributed by atoms with Crippen molar-refractivity contribution in [1.29, 1.82) is 0 Å². The average Bonchev–Trinajstić information content (AvgIpc) is 2.51. The van der Waals surface area contributed by atoms with Crippen molar-refractivity contribution in [2.75, 3.05) is 14.2 Å². The Morgan fingerprint density at radius 3 is 1.59 bits per heavy atom. The molecule has 0 heterocycles. The van der Waals surface area contributed by atoms with E-state index in [2.05, 4.69) is 0 Å². The lowest BCUT2D eigenvalue weighted by molar-refractivity contribution is -0.117. The second kappa shape index (κ2) is 6.85. The predicted molar refractivity (Wildman–Crippen MR) is 81.7 cm³/mol. The Morgan fingerprint density at radius 2 is 1.27 bits per heavy atom. The van der Waals surface area contributed by atoms with Crippen LogP contribution in [0.3, 0.4) is 0 Å². The summed E-state index contributed by atoms with van der Waals surface area (Å²) in [6.07, 6.45) is 0.169. The van der Waals surface area contributed by atoms with E-state index >= 15 is 0 Å². The van der Waals surface area contributed by atoms with Crippen molar-refractivity contribution in [2.45, 2.75) is 12.8 Å². The molecule has 0 radical (unpaired) electrons. The summed E-state index contributed by atoms with van der Waals surface area (Å²) in [7, 11) is 3.01. The molecule has 5 nitrogen and oxygen atoms in total. The smallest absolute Gasteiger partial charge is 0.141 e. The molecule has 2 aromatic carbocycles. The van der Waals surface area contributed by atoms with Gasteiger partial charge < -0.3 is 19.7 Å². The molecule has 0 aliphatic heterocycles. The van der Waals surface area contributed by atoms with Crippen LogP contribution >= 0.6 is 0 Å². The molecule has 2 rings (SSSR count). The second-order valence-corrected chi connectivity index (χ2v) is 4.88. The summed E-state index contributed by atoms with van der Waals surface area (Å²) in [6, 6.07) is 9.61. The van der Waals surface area contributed by atoms with Gasteiger partial charge in [-0.05, 0) is 12.1 Å². The quantitative estimate of drug-likeness (QED) is 0.857. The van der Waals surface area contributed by atoms with Gasteiger partial charge in [0.2, 0.25) is 0 Å². The fraction of sp³-hybridized carbons (Fsp3) is 0.235. The number of methoxy groups -OCH3 is 2. The summed E-state index contributed by atoms with van der Waals surface area (Å²) < 4.78 is 10.00. The number of phenols is 2. The summed E-state index contributed by atoms with van der Waals surface area (Å²) >= 11 is 0. The van der Waals surface area contributed by atoms with Gasteiger partial charge in [-0.3, -0.25) is 4.79 Å². The normalized spacial score (nSPS) is 10.3. The second-order valence-electron chi connectivity index (χ2n) is 4.88. The molecule has 0 unspecified atom stereocenters. The molecule has 2 aromatic rings. The van der Waals surface area contributed by atoms with Gasteiger partial charge >= 0.3 is 0 Å². The molecule has 0 amide bonds. The number of hydrogen-bond acceptors (Lipinski definition) is 5. The maximum absolute atomic E-state index is 12.1. The Hall–Kier alpha value is -2.69. The molecule has 22 heavy (non-hydrogen) atoms. The van der Waals surface area contributed by atoms with Crippen LogP contribution in [0.5, 0.6) is 23.0 Å². The number of ketones is 1. The van der Waals surface area contributed by atoms with E-state index in [0.29, 0.717) is 22.6 Å². The summed E-state index contributed by atoms with van der Waals surface area (Å²) in [5.74, 6) is 0.988. The van der Waals surface area contributed by atoms with Crippen LogP contribution in [-0.4, -0.2) is 30.2 Å². The van der Waals surface area contributed by atoms with Crippen molar-refractivity contribution in [3.05, 3.63) is 47.5 Å². The van der Waals surface area contributed by atoms with Gasteiger partial charge in [-0.25, -0.2) is 0 Å². The van der Waals surface area contributed by atoms with Crippen molar-refractivity contribution >= 4 is 5.78 Å². The zero-order valence-corrected chi connectivity index (χ0v) is 12.5. The van der Waals surface area contributed by atoms with Crippen molar-refractivity contribution in [2.24, 2.45) is 0 Å². The molecule has 0 aromatic heterocycles. The van der Waals surface area contributed by atoms with Crippen LogP contribution in [0.2, 0.25) is 0 Å². The van der Waals surface area contributed by atoms with Gasteiger partial charge in [-0.2, -0.15) is 0 Å². The fourth-order valence-electron chi connectivity index (χ4n) is 2.13. The third kappa shape index (κ3) is 3.69. The first-order valence-corrected chi connectivity index (χ1v) is 6.77.